The molecule has 1 aromatic rings. The van der Waals surface area contributed by atoms with E-state index in [1.807, 2.05) is 0 Å². The summed E-state index contributed by atoms with van der Waals surface area (Å²) >= 11 is 1.73. The summed E-state index contributed by atoms with van der Waals surface area (Å²) in [5, 5.41) is 17.9. The Kier molecular flexibility index (Phi) is 5.88. The third kappa shape index (κ3) is 4.55. The Hall–Kier alpha value is -0.515. The van der Waals surface area contributed by atoms with Crippen LogP contribution >= 0.6 is 11.8 Å². The van der Waals surface area contributed by atoms with Gasteiger partial charge in [-0.2, -0.15) is 11.8 Å². The fourth-order valence-corrected chi connectivity index (χ4v) is 2.38. The molecule has 0 heterocycles. The zero-order valence-corrected chi connectivity index (χ0v) is 10.1. The zero-order chi connectivity index (χ0) is 12.0. The average Bonchev–Trinajstić information content (AvgIpc) is 2.23. The Labute approximate surface area is 100 Å². The van der Waals surface area contributed by atoms with E-state index >= 15 is 0 Å². The Morgan fingerprint density at radius 2 is 2.06 bits per heavy atom. The molecule has 0 atom stereocenters. The van der Waals surface area contributed by atoms with Crippen LogP contribution in [0.4, 0.5) is 4.39 Å². The first kappa shape index (κ1) is 13.5. The van der Waals surface area contributed by atoms with E-state index in [0.29, 0.717) is 5.75 Å². The highest BCUT2D eigenvalue weighted by molar-refractivity contribution is 7.98. The van der Waals surface area contributed by atoms with Crippen LogP contribution in [-0.4, -0.2) is 22.9 Å². The van der Waals surface area contributed by atoms with Gasteiger partial charge in [0.15, 0.2) is 0 Å². The Morgan fingerprint density at radius 1 is 1.31 bits per heavy atom. The maximum absolute atomic E-state index is 13.1. The van der Waals surface area contributed by atoms with Crippen LogP contribution in [-0.2, 0) is 5.75 Å². The number of unbranched alkanes of at least 4 members (excludes halogenated alkanes) is 1. The molecule has 0 spiro atoms. The quantitative estimate of drug-likeness (QED) is 0.587. The van der Waals surface area contributed by atoms with Crippen molar-refractivity contribution >= 4 is 24.3 Å². The normalized spacial score (nSPS) is 10.5. The Morgan fingerprint density at radius 3 is 2.69 bits per heavy atom. The molecule has 0 aliphatic carbocycles. The topological polar surface area (TPSA) is 40.5 Å². The number of halogens is 1. The maximum atomic E-state index is 13.1. The zero-order valence-electron chi connectivity index (χ0n) is 9.32. The van der Waals surface area contributed by atoms with E-state index in [-0.39, 0.29) is 5.46 Å². The van der Waals surface area contributed by atoms with Gasteiger partial charge in [0, 0.05) is 5.75 Å². The van der Waals surface area contributed by atoms with E-state index in [1.54, 1.807) is 17.8 Å². The predicted molar refractivity (Wildman–Crippen MR) is 67.3 cm³/mol. The molecule has 1 rings (SSSR count). The predicted octanol–water partition coefficient (Wildman–Crippen LogP) is 1.54. The van der Waals surface area contributed by atoms with Crippen LogP contribution in [0, 0.1) is 5.82 Å². The second-order valence-electron chi connectivity index (χ2n) is 3.67. The molecule has 16 heavy (non-hydrogen) atoms. The first-order chi connectivity index (χ1) is 7.63. The van der Waals surface area contributed by atoms with Crippen molar-refractivity contribution in [1.29, 1.82) is 0 Å². The second-order valence-corrected chi connectivity index (χ2v) is 4.78. The van der Waals surface area contributed by atoms with Gasteiger partial charge in [-0.25, -0.2) is 4.39 Å². The Balaban J connectivity index is 2.58. The minimum Gasteiger partial charge on any atom is -0.423 e. The van der Waals surface area contributed by atoms with Gasteiger partial charge in [-0.15, -0.1) is 0 Å². The molecule has 0 bridgehead atoms. The van der Waals surface area contributed by atoms with E-state index < -0.39 is 12.9 Å². The average molecular weight is 242 g/mol. The minimum absolute atomic E-state index is 0.214. The molecule has 88 valence electrons. The highest BCUT2D eigenvalue weighted by Crippen LogP contribution is 2.14. The van der Waals surface area contributed by atoms with Crippen molar-refractivity contribution in [3.63, 3.8) is 0 Å². The summed E-state index contributed by atoms with van der Waals surface area (Å²) in [5.41, 5.74) is 1.01. The van der Waals surface area contributed by atoms with Gasteiger partial charge in [0.05, 0.1) is 0 Å². The lowest BCUT2D eigenvalue weighted by Gasteiger charge is -2.05. The number of hydrogen-bond donors (Lipinski definition) is 2. The van der Waals surface area contributed by atoms with Crippen molar-refractivity contribution in [2.24, 2.45) is 0 Å². The molecular weight excluding hydrogens is 226 g/mol. The number of benzene rings is 1. The van der Waals surface area contributed by atoms with Crippen LogP contribution in [0.2, 0.25) is 0 Å². The van der Waals surface area contributed by atoms with Crippen LogP contribution in [0.15, 0.2) is 18.2 Å². The molecule has 0 aliphatic rings. The van der Waals surface area contributed by atoms with Crippen molar-refractivity contribution in [1.82, 2.24) is 0 Å². The van der Waals surface area contributed by atoms with E-state index in [4.69, 9.17) is 10.0 Å². The summed E-state index contributed by atoms with van der Waals surface area (Å²) in [4.78, 5) is 0. The van der Waals surface area contributed by atoms with Crippen molar-refractivity contribution in [2.45, 2.75) is 25.5 Å². The molecule has 0 aromatic heterocycles. The van der Waals surface area contributed by atoms with Crippen molar-refractivity contribution in [3.05, 3.63) is 29.6 Å². The van der Waals surface area contributed by atoms with Gasteiger partial charge >= 0.3 is 7.12 Å². The number of thioether (sulfide) groups is 1. The van der Waals surface area contributed by atoms with E-state index in [1.165, 1.54) is 6.07 Å². The molecule has 0 saturated carbocycles. The third-order valence-corrected chi connectivity index (χ3v) is 3.30. The van der Waals surface area contributed by atoms with Gasteiger partial charge in [0.25, 0.3) is 0 Å². The molecule has 2 nitrogen and oxygen atoms in total. The molecule has 0 amide bonds. The van der Waals surface area contributed by atoms with Gasteiger partial charge < -0.3 is 10.0 Å². The van der Waals surface area contributed by atoms with Gasteiger partial charge in [-0.05, 0) is 35.3 Å². The summed E-state index contributed by atoms with van der Waals surface area (Å²) in [6, 6.07) is 4.21. The van der Waals surface area contributed by atoms with Gasteiger partial charge in [0.1, 0.15) is 5.82 Å². The lowest BCUT2D eigenvalue weighted by molar-refractivity contribution is 0.425. The van der Waals surface area contributed by atoms with Crippen LogP contribution in [0.3, 0.4) is 0 Å². The van der Waals surface area contributed by atoms with Crippen LogP contribution in [0.5, 0.6) is 0 Å². The fourth-order valence-electron chi connectivity index (χ4n) is 1.34. The standard InChI is InChI=1S/C11H16BFO2S/c1-2-3-4-16-8-9-5-10(12(14)15)7-11(13)6-9/h5-7,14-15H,2-4,8H2,1H3. The lowest BCUT2D eigenvalue weighted by atomic mass is 9.79. The fraction of sp³-hybridized carbons (Fsp3) is 0.455. The largest absolute Gasteiger partial charge is 0.488 e. The van der Waals surface area contributed by atoms with E-state index in [2.05, 4.69) is 6.92 Å². The molecule has 5 heteroatoms. The number of rotatable bonds is 6. The van der Waals surface area contributed by atoms with Crippen LogP contribution in [0.1, 0.15) is 25.3 Å². The smallest absolute Gasteiger partial charge is 0.423 e. The van der Waals surface area contributed by atoms with Crippen molar-refractivity contribution in [2.75, 3.05) is 5.75 Å². The van der Waals surface area contributed by atoms with Crippen LogP contribution in [0.25, 0.3) is 0 Å². The molecule has 0 saturated heterocycles. The third-order valence-electron chi connectivity index (χ3n) is 2.19. The molecule has 1 aromatic carbocycles. The summed E-state index contributed by atoms with van der Waals surface area (Å²) in [6.07, 6.45) is 2.30. The van der Waals surface area contributed by atoms with Gasteiger partial charge in [-0.3, -0.25) is 0 Å². The molecule has 0 radical (unpaired) electrons. The van der Waals surface area contributed by atoms with Gasteiger partial charge in [-0.1, -0.05) is 19.4 Å². The molecule has 2 N–H and O–H groups in total. The maximum Gasteiger partial charge on any atom is 0.488 e. The monoisotopic (exact) mass is 242 g/mol. The highest BCUT2D eigenvalue weighted by Gasteiger charge is 2.12. The lowest BCUT2D eigenvalue weighted by Crippen LogP contribution is -2.30. The summed E-state index contributed by atoms with van der Waals surface area (Å²) in [5.74, 6) is 1.33. The number of hydrogen-bond acceptors (Lipinski definition) is 3. The van der Waals surface area contributed by atoms with E-state index in [9.17, 15) is 4.39 Å². The molecule has 0 fully saturated rings. The SMILES string of the molecule is CCCCSCc1cc(F)cc(B(O)O)c1. The summed E-state index contributed by atoms with van der Waals surface area (Å²) in [7, 11) is -1.60. The first-order valence-corrected chi connectivity index (χ1v) is 6.52. The summed E-state index contributed by atoms with van der Waals surface area (Å²) in [6.45, 7) is 2.13. The molecule has 0 unspecified atom stereocenters. The van der Waals surface area contributed by atoms with Gasteiger partial charge in [0.2, 0.25) is 0 Å². The van der Waals surface area contributed by atoms with Crippen LogP contribution < -0.4 is 5.46 Å². The minimum atomic E-state index is -1.60. The van der Waals surface area contributed by atoms with Crippen molar-refractivity contribution < 1.29 is 14.4 Å². The van der Waals surface area contributed by atoms with E-state index in [0.717, 1.165) is 30.2 Å². The molecule has 0 aliphatic heterocycles. The van der Waals surface area contributed by atoms with Crippen molar-refractivity contribution in [3.8, 4) is 0 Å². The highest BCUT2D eigenvalue weighted by atomic mass is 32.2. The Bertz CT molecular complexity index is 334. The first-order valence-electron chi connectivity index (χ1n) is 5.36. The molecular formula is C11H16BFO2S. The summed E-state index contributed by atoms with van der Waals surface area (Å²) < 4.78 is 13.1. The second kappa shape index (κ2) is 6.94.